The van der Waals surface area contributed by atoms with Crippen molar-refractivity contribution in [3.63, 3.8) is 0 Å². The Morgan fingerprint density at radius 1 is 1.31 bits per heavy atom. The predicted molar refractivity (Wildman–Crippen MR) is 62.4 cm³/mol. The highest BCUT2D eigenvalue weighted by molar-refractivity contribution is 9.10. The molecule has 0 bridgehead atoms. The number of benzene rings is 1. The van der Waals surface area contributed by atoms with E-state index in [0.29, 0.717) is 11.3 Å². The van der Waals surface area contributed by atoms with E-state index >= 15 is 0 Å². The molecular formula is C10H9BrOS. The zero-order chi connectivity index (χ0) is 9.68. The molecule has 0 N–H and O–H groups in total. The summed E-state index contributed by atoms with van der Waals surface area (Å²) >= 11 is 7.39. The largest absolute Gasteiger partial charge is 0.298 e. The van der Waals surface area contributed by atoms with Crippen LogP contribution < -0.4 is 0 Å². The van der Waals surface area contributed by atoms with Crippen molar-refractivity contribution < 1.29 is 4.79 Å². The maximum atomic E-state index is 10.5. The molecule has 3 heteroatoms. The molecule has 1 aromatic carbocycles. The molecule has 1 nitrogen and oxygen atoms in total. The average Bonchev–Trinajstić information content (AvgIpc) is 2.14. The molecule has 1 aromatic rings. The lowest BCUT2D eigenvalue weighted by molar-refractivity contribution is 0.112. The Morgan fingerprint density at radius 2 is 2.00 bits per heavy atom. The van der Waals surface area contributed by atoms with Crippen molar-refractivity contribution in [3.8, 4) is 0 Å². The van der Waals surface area contributed by atoms with Crippen molar-refractivity contribution in [2.45, 2.75) is 0 Å². The first-order valence-corrected chi connectivity index (χ1v) is 5.22. The number of rotatable bonds is 3. The smallest absolute Gasteiger partial charge is 0.150 e. The summed E-state index contributed by atoms with van der Waals surface area (Å²) in [7, 11) is 0. The summed E-state index contributed by atoms with van der Waals surface area (Å²) in [5, 5.41) is 0. The van der Waals surface area contributed by atoms with Crippen LogP contribution in [0, 0.1) is 0 Å². The Bertz CT molecular complexity index is 334. The number of hydrogen-bond donors (Lipinski definition) is 1. The molecule has 68 valence electrons. The zero-order valence-electron chi connectivity index (χ0n) is 6.90. The second-order valence-corrected chi connectivity index (χ2v) is 3.80. The molecule has 0 radical (unpaired) electrons. The first kappa shape index (κ1) is 10.5. The number of hydrogen-bond acceptors (Lipinski definition) is 2. The van der Waals surface area contributed by atoms with E-state index in [1.165, 1.54) is 0 Å². The Balaban J connectivity index is 3.01. The van der Waals surface area contributed by atoms with Gasteiger partial charge >= 0.3 is 0 Å². The van der Waals surface area contributed by atoms with Crippen LogP contribution in [0.2, 0.25) is 0 Å². The third-order valence-electron chi connectivity index (χ3n) is 1.49. The van der Waals surface area contributed by atoms with Gasteiger partial charge in [0.05, 0.1) is 0 Å². The van der Waals surface area contributed by atoms with Gasteiger partial charge in [-0.2, -0.15) is 12.6 Å². The van der Waals surface area contributed by atoms with Crippen LogP contribution in [0.1, 0.15) is 15.9 Å². The van der Waals surface area contributed by atoms with Crippen LogP contribution in [0.15, 0.2) is 28.7 Å². The van der Waals surface area contributed by atoms with Gasteiger partial charge in [-0.25, -0.2) is 0 Å². The van der Waals surface area contributed by atoms with Crippen LogP contribution in [0.5, 0.6) is 0 Å². The minimum absolute atomic E-state index is 0.674. The number of aldehydes is 1. The third kappa shape index (κ3) is 3.36. The first-order valence-electron chi connectivity index (χ1n) is 3.79. The van der Waals surface area contributed by atoms with Gasteiger partial charge in [-0.3, -0.25) is 4.79 Å². The van der Waals surface area contributed by atoms with Crippen LogP contribution in [-0.2, 0) is 0 Å². The molecule has 0 aliphatic carbocycles. The summed E-state index contributed by atoms with van der Waals surface area (Å²) in [5.41, 5.74) is 1.68. The van der Waals surface area contributed by atoms with Gasteiger partial charge in [-0.15, -0.1) is 0 Å². The van der Waals surface area contributed by atoms with Gasteiger partial charge in [0.25, 0.3) is 0 Å². The molecule has 0 amide bonds. The topological polar surface area (TPSA) is 17.1 Å². The van der Waals surface area contributed by atoms with Gasteiger partial charge < -0.3 is 0 Å². The number of thiol groups is 1. The highest BCUT2D eigenvalue weighted by Gasteiger charge is 1.95. The van der Waals surface area contributed by atoms with Crippen molar-refractivity contribution in [1.29, 1.82) is 0 Å². The highest BCUT2D eigenvalue weighted by Crippen LogP contribution is 2.15. The minimum Gasteiger partial charge on any atom is -0.298 e. The Labute approximate surface area is 91.4 Å². The van der Waals surface area contributed by atoms with Crippen LogP contribution in [0.3, 0.4) is 0 Å². The Morgan fingerprint density at radius 3 is 2.62 bits per heavy atom. The molecule has 0 aliphatic heterocycles. The van der Waals surface area contributed by atoms with E-state index in [2.05, 4.69) is 28.6 Å². The molecule has 0 spiro atoms. The van der Waals surface area contributed by atoms with Gasteiger partial charge in [0.15, 0.2) is 0 Å². The molecule has 0 atom stereocenters. The van der Waals surface area contributed by atoms with E-state index in [1.807, 2.05) is 24.3 Å². The quantitative estimate of drug-likeness (QED) is 0.650. The molecule has 0 fully saturated rings. The SMILES string of the molecule is O=Cc1cc(Br)cc(C=CCS)c1. The highest BCUT2D eigenvalue weighted by atomic mass is 79.9. The summed E-state index contributed by atoms with van der Waals surface area (Å²) in [4.78, 5) is 10.5. The van der Waals surface area contributed by atoms with Crippen molar-refractivity contribution in [3.05, 3.63) is 39.9 Å². The maximum absolute atomic E-state index is 10.5. The van der Waals surface area contributed by atoms with Crippen LogP contribution >= 0.6 is 28.6 Å². The summed E-state index contributed by atoms with van der Waals surface area (Å²) in [6, 6.07) is 5.57. The van der Waals surface area contributed by atoms with Gasteiger partial charge in [-0.05, 0) is 23.8 Å². The second-order valence-electron chi connectivity index (χ2n) is 2.52. The molecule has 0 aromatic heterocycles. The summed E-state index contributed by atoms with van der Waals surface area (Å²) in [6.07, 6.45) is 4.70. The van der Waals surface area contributed by atoms with Gasteiger partial charge in [0.1, 0.15) is 6.29 Å². The fourth-order valence-electron chi connectivity index (χ4n) is 0.989. The van der Waals surface area contributed by atoms with Crippen molar-refractivity contribution in [2.24, 2.45) is 0 Å². The lowest BCUT2D eigenvalue weighted by Crippen LogP contribution is -1.82. The van der Waals surface area contributed by atoms with Crippen molar-refractivity contribution >= 4 is 40.9 Å². The van der Waals surface area contributed by atoms with E-state index in [-0.39, 0.29) is 0 Å². The average molecular weight is 257 g/mol. The normalized spacial score (nSPS) is 10.6. The van der Waals surface area contributed by atoms with Crippen molar-refractivity contribution in [1.82, 2.24) is 0 Å². The summed E-state index contributed by atoms with van der Waals surface area (Å²) in [5.74, 6) is 0.697. The first-order chi connectivity index (χ1) is 6.26. The van der Waals surface area contributed by atoms with E-state index < -0.39 is 0 Å². The van der Waals surface area contributed by atoms with E-state index in [1.54, 1.807) is 6.07 Å². The van der Waals surface area contributed by atoms with Crippen LogP contribution in [0.4, 0.5) is 0 Å². The lowest BCUT2D eigenvalue weighted by atomic mass is 10.1. The molecule has 0 unspecified atom stereocenters. The van der Waals surface area contributed by atoms with Crippen molar-refractivity contribution in [2.75, 3.05) is 5.75 Å². The third-order valence-corrected chi connectivity index (χ3v) is 2.16. The second kappa shape index (κ2) is 5.25. The monoisotopic (exact) mass is 256 g/mol. The maximum Gasteiger partial charge on any atom is 0.150 e. The zero-order valence-corrected chi connectivity index (χ0v) is 9.39. The van der Waals surface area contributed by atoms with Gasteiger partial charge in [0.2, 0.25) is 0 Å². The van der Waals surface area contributed by atoms with Crippen LogP contribution in [0.25, 0.3) is 6.08 Å². The lowest BCUT2D eigenvalue weighted by Gasteiger charge is -1.97. The molecule has 13 heavy (non-hydrogen) atoms. The van der Waals surface area contributed by atoms with E-state index in [4.69, 9.17) is 0 Å². The number of halogens is 1. The molecule has 0 saturated heterocycles. The molecule has 0 saturated carbocycles. The Kier molecular flexibility index (Phi) is 4.25. The van der Waals surface area contributed by atoms with Crippen LogP contribution in [-0.4, -0.2) is 12.0 Å². The number of carbonyl (C=O) groups excluding carboxylic acids is 1. The molecule has 1 rings (SSSR count). The molecular weight excluding hydrogens is 248 g/mol. The molecule has 0 heterocycles. The minimum atomic E-state index is 0.674. The fourth-order valence-corrected chi connectivity index (χ4v) is 1.62. The predicted octanol–water partition coefficient (Wildman–Crippen LogP) is 3.20. The number of carbonyl (C=O) groups is 1. The standard InChI is InChI=1S/C10H9BrOS/c11-10-5-8(2-1-3-13)4-9(6-10)7-12/h1-2,4-7,13H,3H2. The fraction of sp³-hybridized carbons (Fsp3) is 0.100. The van der Waals surface area contributed by atoms with Gasteiger partial charge in [0, 0.05) is 15.8 Å². The summed E-state index contributed by atoms with van der Waals surface area (Å²) in [6.45, 7) is 0. The van der Waals surface area contributed by atoms with E-state index in [0.717, 1.165) is 16.3 Å². The van der Waals surface area contributed by atoms with E-state index in [9.17, 15) is 4.79 Å². The summed E-state index contributed by atoms with van der Waals surface area (Å²) < 4.78 is 0.913. The van der Waals surface area contributed by atoms with Gasteiger partial charge in [-0.1, -0.05) is 28.1 Å². The molecule has 0 aliphatic rings. The Hall–Kier alpha value is -0.540.